The number of piperidine rings is 1. The number of aromatic nitrogens is 3. The second-order valence-corrected chi connectivity index (χ2v) is 9.79. The second kappa shape index (κ2) is 9.82. The van der Waals surface area contributed by atoms with Crippen LogP contribution in [0.1, 0.15) is 36.4 Å². The molecule has 0 unspecified atom stereocenters. The molecule has 1 saturated heterocycles. The Bertz CT molecular complexity index is 1450. The van der Waals surface area contributed by atoms with E-state index in [4.69, 9.17) is 9.72 Å². The van der Waals surface area contributed by atoms with Crippen LogP contribution in [0.3, 0.4) is 0 Å². The molecule has 1 amide bonds. The van der Waals surface area contributed by atoms with Crippen molar-refractivity contribution in [3.05, 3.63) is 84.6 Å². The van der Waals surface area contributed by atoms with Gasteiger partial charge in [0, 0.05) is 42.4 Å². The van der Waals surface area contributed by atoms with Gasteiger partial charge in [-0.2, -0.15) is 5.10 Å². The van der Waals surface area contributed by atoms with Gasteiger partial charge >= 0.3 is 0 Å². The van der Waals surface area contributed by atoms with E-state index in [1.807, 2.05) is 33.7 Å². The van der Waals surface area contributed by atoms with Gasteiger partial charge in [0.2, 0.25) is 5.91 Å². The quantitative estimate of drug-likeness (QED) is 0.390. The summed E-state index contributed by atoms with van der Waals surface area (Å²) in [5, 5.41) is 8.49. The van der Waals surface area contributed by atoms with Crippen LogP contribution in [0.2, 0.25) is 0 Å². The van der Waals surface area contributed by atoms with Crippen LogP contribution in [0.4, 0.5) is 0 Å². The predicted octanol–water partition coefficient (Wildman–Crippen LogP) is 4.83. The number of ether oxygens (including phenoxy) is 1. The van der Waals surface area contributed by atoms with Crippen molar-refractivity contribution < 1.29 is 9.53 Å². The van der Waals surface area contributed by atoms with Gasteiger partial charge in [0.1, 0.15) is 5.69 Å². The first-order chi connectivity index (χ1) is 18.2. The number of rotatable bonds is 6. The molecule has 1 aliphatic heterocycles. The van der Waals surface area contributed by atoms with E-state index in [1.54, 1.807) is 13.3 Å². The Morgan fingerprint density at radius 3 is 2.65 bits per heavy atom. The van der Waals surface area contributed by atoms with E-state index < -0.39 is 0 Å². The SMILES string of the molecule is C=CC(=O)N1CCC(N[C@H]2CCc3cc(-c4nc5c(OC)ccnn5c4-c4ccccc4)ccc32)CC1. The van der Waals surface area contributed by atoms with Crippen molar-refractivity contribution in [1.82, 2.24) is 24.8 Å². The van der Waals surface area contributed by atoms with Gasteiger partial charge in [0.25, 0.3) is 0 Å². The molecule has 1 N–H and O–H groups in total. The Balaban J connectivity index is 1.30. The molecule has 2 aliphatic rings. The molecule has 1 atom stereocenters. The third-order valence-electron chi connectivity index (χ3n) is 7.66. The normalized spacial score (nSPS) is 17.6. The van der Waals surface area contributed by atoms with Crippen molar-refractivity contribution in [2.24, 2.45) is 0 Å². The van der Waals surface area contributed by atoms with Crippen LogP contribution in [0.25, 0.3) is 28.2 Å². The van der Waals surface area contributed by atoms with Crippen LogP contribution >= 0.6 is 0 Å². The van der Waals surface area contributed by atoms with Crippen LogP contribution in [0, 0.1) is 0 Å². The van der Waals surface area contributed by atoms with Gasteiger partial charge in [0.15, 0.2) is 11.4 Å². The minimum absolute atomic E-state index is 0.0341. The van der Waals surface area contributed by atoms with Crippen molar-refractivity contribution in [3.8, 4) is 28.3 Å². The fourth-order valence-electron chi connectivity index (χ4n) is 5.76. The molecule has 1 fully saturated rings. The van der Waals surface area contributed by atoms with Crippen LogP contribution in [-0.4, -0.2) is 51.6 Å². The molecule has 2 aromatic heterocycles. The summed E-state index contributed by atoms with van der Waals surface area (Å²) in [6.45, 7) is 5.19. The predicted molar refractivity (Wildman–Crippen MR) is 144 cm³/mol. The molecule has 1 aliphatic carbocycles. The Morgan fingerprint density at radius 2 is 1.89 bits per heavy atom. The Morgan fingerprint density at radius 1 is 1.08 bits per heavy atom. The summed E-state index contributed by atoms with van der Waals surface area (Å²) < 4.78 is 7.48. The zero-order valence-electron chi connectivity index (χ0n) is 21.1. The van der Waals surface area contributed by atoms with Crippen LogP contribution in [-0.2, 0) is 11.2 Å². The average molecular weight is 494 g/mol. The maximum absolute atomic E-state index is 11.9. The topological polar surface area (TPSA) is 71.8 Å². The lowest BCUT2D eigenvalue weighted by Crippen LogP contribution is -2.45. The van der Waals surface area contributed by atoms with Crippen molar-refractivity contribution >= 4 is 11.6 Å². The number of imidazole rings is 1. The minimum atomic E-state index is 0.0341. The van der Waals surface area contributed by atoms with Gasteiger partial charge in [-0.15, -0.1) is 0 Å². The Labute approximate surface area is 216 Å². The van der Waals surface area contributed by atoms with Gasteiger partial charge in [-0.1, -0.05) is 49.0 Å². The van der Waals surface area contributed by atoms with Gasteiger partial charge in [-0.25, -0.2) is 9.50 Å². The number of benzene rings is 2. The standard InChI is InChI=1S/C30H31N5O2/c1-3-27(36)34-17-14-23(15-18-34)32-25-12-10-21-19-22(9-11-24(21)25)28-29(20-7-5-4-6-8-20)35-30(33-28)26(37-2)13-16-31-35/h3-9,11,13,16,19,23,25,32H,1,10,12,14-15,17-18H2,2H3/t25-/m0/s1. The average Bonchev–Trinajstić information content (AvgIpc) is 3.54. The molecule has 188 valence electrons. The van der Waals surface area contributed by atoms with Crippen LogP contribution in [0.15, 0.2) is 73.4 Å². The highest BCUT2D eigenvalue weighted by Crippen LogP contribution is 2.39. The number of hydrogen-bond acceptors (Lipinski definition) is 5. The molecule has 7 nitrogen and oxygen atoms in total. The molecule has 0 bridgehead atoms. The largest absolute Gasteiger partial charge is 0.493 e. The lowest BCUT2D eigenvalue weighted by molar-refractivity contribution is -0.127. The first-order valence-corrected chi connectivity index (χ1v) is 12.9. The van der Waals surface area contributed by atoms with E-state index in [0.717, 1.165) is 61.3 Å². The summed E-state index contributed by atoms with van der Waals surface area (Å²) in [5.41, 5.74) is 7.46. The van der Waals surface area contributed by atoms with Gasteiger partial charge in [-0.05, 0) is 49.0 Å². The number of fused-ring (bicyclic) bond motifs is 2. The maximum atomic E-state index is 11.9. The number of methoxy groups -OCH3 is 1. The van der Waals surface area contributed by atoms with E-state index in [9.17, 15) is 4.79 Å². The highest BCUT2D eigenvalue weighted by atomic mass is 16.5. The Kier molecular flexibility index (Phi) is 6.22. The third-order valence-corrected chi connectivity index (χ3v) is 7.66. The summed E-state index contributed by atoms with van der Waals surface area (Å²) in [4.78, 5) is 18.8. The molecule has 7 heteroatoms. The van der Waals surface area contributed by atoms with Crippen molar-refractivity contribution in [1.29, 1.82) is 0 Å². The summed E-state index contributed by atoms with van der Waals surface area (Å²) in [6, 6.07) is 19.6. The number of carbonyl (C=O) groups excluding carboxylic acids is 1. The van der Waals surface area contributed by atoms with Crippen molar-refractivity contribution in [2.45, 2.75) is 37.8 Å². The first-order valence-electron chi connectivity index (χ1n) is 12.9. The molecular weight excluding hydrogens is 462 g/mol. The van der Waals surface area contributed by atoms with Gasteiger partial charge < -0.3 is 15.0 Å². The van der Waals surface area contributed by atoms with E-state index in [0.29, 0.717) is 23.5 Å². The van der Waals surface area contributed by atoms with Gasteiger partial charge in [-0.3, -0.25) is 4.79 Å². The highest BCUT2D eigenvalue weighted by Gasteiger charge is 2.29. The van der Waals surface area contributed by atoms with E-state index in [2.05, 4.69) is 47.3 Å². The highest BCUT2D eigenvalue weighted by molar-refractivity contribution is 5.87. The fraction of sp³-hybridized carbons (Fsp3) is 0.300. The molecule has 0 saturated carbocycles. The maximum Gasteiger partial charge on any atom is 0.245 e. The fourth-order valence-corrected chi connectivity index (χ4v) is 5.76. The summed E-state index contributed by atoms with van der Waals surface area (Å²) in [6.07, 6.45) is 7.22. The van der Waals surface area contributed by atoms with Crippen LogP contribution in [0.5, 0.6) is 5.75 Å². The van der Waals surface area contributed by atoms with Crippen molar-refractivity contribution in [3.63, 3.8) is 0 Å². The molecule has 3 heterocycles. The lowest BCUT2D eigenvalue weighted by atomic mass is 9.99. The number of amides is 1. The number of nitrogens with one attached hydrogen (secondary N) is 1. The lowest BCUT2D eigenvalue weighted by Gasteiger charge is -2.33. The van der Waals surface area contributed by atoms with E-state index in [-0.39, 0.29) is 5.91 Å². The summed E-state index contributed by atoms with van der Waals surface area (Å²) in [5.74, 6) is 0.733. The van der Waals surface area contributed by atoms with Crippen molar-refractivity contribution in [2.75, 3.05) is 20.2 Å². The molecule has 0 spiro atoms. The number of hydrogen-bond donors (Lipinski definition) is 1. The molecule has 2 aromatic carbocycles. The summed E-state index contributed by atoms with van der Waals surface area (Å²) in [7, 11) is 1.66. The first kappa shape index (κ1) is 23.4. The second-order valence-electron chi connectivity index (χ2n) is 9.79. The number of likely N-dealkylation sites (tertiary alicyclic amines) is 1. The molecule has 0 radical (unpaired) electrons. The monoisotopic (exact) mass is 493 g/mol. The van der Waals surface area contributed by atoms with E-state index in [1.165, 1.54) is 17.2 Å². The number of nitrogens with zero attached hydrogens (tertiary/aromatic N) is 4. The Hall–Kier alpha value is -3.97. The van der Waals surface area contributed by atoms with Crippen LogP contribution < -0.4 is 10.1 Å². The molecule has 37 heavy (non-hydrogen) atoms. The van der Waals surface area contributed by atoms with Gasteiger partial charge in [0.05, 0.1) is 19.0 Å². The zero-order chi connectivity index (χ0) is 25.4. The summed E-state index contributed by atoms with van der Waals surface area (Å²) >= 11 is 0. The molecular formula is C30H31N5O2. The third kappa shape index (κ3) is 4.29. The minimum Gasteiger partial charge on any atom is -0.493 e. The molecule has 4 aromatic rings. The number of carbonyl (C=O) groups is 1. The smallest absolute Gasteiger partial charge is 0.245 e. The zero-order valence-corrected chi connectivity index (χ0v) is 21.1. The number of aryl methyl sites for hydroxylation is 1. The van der Waals surface area contributed by atoms with E-state index >= 15 is 0 Å². The molecule has 6 rings (SSSR count).